The summed E-state index contributed by atoms with van der Waals surface area (Å²) in [5.41, 5.74) is 3.70. The predicted octanol–water partition coefficient (Wildman–Crippen LogP) is 3.33. The molecule has 3 atom stereocenters. The van der Waals surface area contributed by atoms with Crippen LogP contribution in [0, 0.1) is 6.92 Å². The average Bonchev–Trinajstić information content (AvgIpc) is 3.11. The highest BCUT2D eigenvalue weighted by Crippen LogP contribution is 2.33. The highest BCUT2D eigenvalue weighted by molar-refractivity contribution is 5.73. The summed E-state index contributed by atoms with van der Waals surface area (Å²) < 4.78 is 0. The molecule has 7 nitrogen and oxygen atoms in total. The Hall–Kier alpha value is -3.06. The van der Waals surface area contributed by atoms with Crippen molar-refractivity contribution < 1.29 is 5.11 Å². The van der Waals surface area contributed by atoms with Crippen LogP contribution in [0.3, 0.4) is 0 Å². The molecule has 0 aliphatic carbocycles. The van der Waals surface area contributed by atoms with E-state index in [2.05, 4.69) is 37.7 Å². The fourth-order valence-corrected chi connectivity index (χ4v) is 4.65. The Bertz CT molecular complexity index is 1020. The van der Waals surface area contributed by atoms with E-state index in [1.54, 1.807) is 6.07 Å². The maximum Gasteiger partial charge on any atom is 0.151 e. The molecule has 1 aromatic carbocycles. The van der Waals surface area contributed by atoms with Gasteiger partial charge >= 0.3 is 0 Å². The Morgan fingerprint density at radius 1 is 0.900 bits per heavy atom. The van der Waals surface area contributed by atoms with Crippen LogP contribution in [0.15, 0.2) is 42.5 Å². The van der Waals surface area contributed by atoms with Crippen LogP contribution in [-0.4, -0.2) is 50.7 Å². The van der Waals surface area contributed by atoms with Crippen LogP contribution in [0.25, 0.3) is 22.5 Å². The first-order chi connectivity index (χ1) is 14.6. The molecule has 2 aliphatic heterocycles. The number of hydrogen-bond acceptors (Lipinski definition) is 7. The lowest BCUT2D eigenvalue weighted by molar-refractivity contribution is 0.353. The van der Waals surface area contributed by atoms with Gasteiger partial charge in [-0.15, -0.1) is 10.2 Å². The van der Waals surface area contributed by atoms with Crippen molar-refractivity contribution in [3.8, 4) is 28.3 Å². The fraction of sp³-hybridized carbons (Fsp3) is 0.391. The number of aromatic nitrogens is 4. The van der Waals surface area contributed by atoms with Crippen molar-refractivity contribution in [2.75, 3.05) is 11.9 Å². The molecule has 2 aromatic heterocycles. The number of rotatable bonds is 4. The van der Waals surface area contributed by atoms with Gasteiger partial charge in [0, 0.05) is 36.3 Å². The third kappa shape index (κ3) is 3.61. The minimum atomic E-state index is 0.153. The van der Waals surface area contributed by atoms with E-state index in [-0.39, 0.29) is 5.75 Å². The lowest BCUT2D eigenvalue weighted by Gasteiger charge is -2.36. The first-order valence-electron chi connectivity index (χ1n) is 10.5. The number of aromatic hydroxyl groups is 1. The summed E-state index contributed by atoms with van der Waals surface area (Å²) in [6, 6.07) is 14.9. The number of nitrogens with zero attached hydrogens (tertiary/aromatic N) is 5. The molecule has 0 saturated carbocycles. The fourth-order valence-electron chi connectivity index (χ4n) is 4.65. The number of fused-ring (bicyclic) bond motifs is 2. The largest absolute Gasteiger partial charge is 0.507 e. The van der Waals surface area contributed by atoms with Gasteiger partial charge in [-0.05, 0) is 69.0 Å². The van der Waals surface area contributed by atoms with E-state index in [1.165, 1.54) is 12.8 Å². The molecular weight excluding hydrogens is 376 g/mol. The van der Waals surface area contributed by atoms with E-state index in [4.69, 9.17) is 0 Å². The van der Waals surface area contributed by atoms with Crippen LogP contribution >= 0.6 is 0 Å². The van der Waals surface area contributed by atoms with Crippen molar-refractivity contribution >= 4 is 5.82 Å². The summed E-state index contributed by atoms with van der Waals surface area (Å²) in [6.07, 6.45) is 4.87. The van der Waals surface area contributed by atoms with Gasteiger partial charge in [-0.25, -0.2) is 0 Å². The molecule has 7 heteroatoms. The number of hydrogen-bond donors (Lipinski definition) is 2. The summed E-state index contributed by atoms with van der Waals surface area (Å²) in [4.78, 5) is 2.25. The van der Waals surface area contributed by atoms with E-state index in [1.807, 2.05) is 43.3 Å². The number of benzene rings is 1. The lowest BCUT2D eigenvalue weighted by Crippen LogP contribution is -2.47. The first-order valence-corrected chi connectivity index (χ1v) is 10.5. The van der Waals surface area contributed by atoms with Crippen molar-refractivity contribution in [3.63, 3.8) is 0 Å². The van der Waals surface area contributed by atoms with Crippen LogP contribution in [0.5, 0.6) is 5.75 Å². The van der Waals surface area contributed by atoms with Gasteiger partial charge in [0.1, 0.15) is 5.75 Å². The molecule has 154 valence electrons. The quantitative estimate of drug-likeness (QED) is 0.692. The van der Waals surface area contributed by atoms with Crippen LogP contribution in [0.2, 0.25) is 0 Å². The third-order valence-corrected chi connectivity index (χ3v) is 6.38. The lowest BCUT2D eigenvalue weighted by atomic mass is 9.98. The van der Waals surface area contributed by atoms with Crippen LogP contribution in [0.1, 0.15) is 31.4 Å². The predicted molar refractivity (Wildman–Crippen MR) is 116 cm³/mol. The van der Waals surface area contributed by atoms with E-state index in [0.717, 1.165) is 35.6 Å². The second-order valence-electron chi connectivity index (χ2n) is 8.44. The van der Waals surface area contributed by atoms with Crippen molar-refractivity contribution in [1.29, 1.82) is 0 Å². The third-order valence-electron chi connectivity index (χ3n) is 6.38. The molecule has 2 aliphatic rings. The molecule has 0 unspecified atom stereocenters. The maximum atomic E-state index is 10.6. The second-order valence-corrected chi connectivity index (χ2v) is 8.44. The number of phenols is 1. The molecule has 0 amide bonds. The first kappa shape index (κ1) is 18.9. The Labute approximate surface area is 176 Å². The normalized spacial score (nSPS) is 22.8. The van der Waals surface area contributed by atoms with E-state index in [0.29, 0.717) is 29.4 Å². The number of piperidine rings is 1. The van der Waals surface area contributed by atoms with Gasteiger partial charge in [-0.2, -0.15) is 10.2 Å². The Kier molecular flexibility index (Phi) is 4.83. The maximum absolute atomic E-state index is 10.6. The van der Waals surface area contributed by atoms with E-state index >= 15 is 0 Å². The number of nitrogens with one attached hydrogen (secondary N) is 1. The molecule has 2 N–H and O–H groups in total. The zero-order valence-electron chi connectivity index (χ0n) is 17.3. The van der Waals surface area contributed by atoms with Gasteiger partial charge in [0.15, 0.2) is 5.82 Å². The van der Waals surface area contributed by atoms with Gasteiger partial charge in [0.05, 0.1) is 17.1 Å². The molecule has 3 aromatic rings. The zero-order chi connectivity index (χ0) is 20.7. The van der Waals surface area contributed by atoms with Crippen LogP contribution < -0.4 is 10.2 Å². The SMILES string of the molecule is Cc1ccc(-c2ccc(-c3ccc(N(C)[C@H]4C[C@H]5CC[C@@H](C4)N5)nn3)c(O)c2)nn1. The number of aryl methyl sites for hydroxylation is 1. The van der Waals surface area contributed by atoms with Crippen LogP contribution in [-0.2, 0) is 0 Å². The summed E-state index contributed by atoms with van der Waals surface area (Å²) in [5.74, 6) is 1.02. The smallest absolute Gasteiger partial charge is 0.151 e. The summed E-state index contributed by atoms with van der Waals surface area (Å²) in [7, 11) is 2.11. The summed E-state index contributed by atoms with van der Waals surface area (Å²) in [5, 5.41) is 31.4. The molecule has 2 saturated heterocycles. The highest BCUT2D eigenvalue weighted by Gasteiger charge is 2.35. The monoisotopic (exact) mass is 402 g/mol. The van der Waals surface area contributed by atoms with Crippen molar-refractivity contribution in [1.82, 2.24) is 25.7 Å². The Morgan fingerprint density at radius 2 is 1.63 bits per heavy atom. The van der Waals surface area contributed by atoms with Crippen LogP contribution in [0.4, 0.5) is 5.82 Å². The Morgan fingerprint density at radius 3 is 2.27 bits per heavy atom. The molecule has 2 bridgehead atoms. The highest BCUT2D eigenvalue weighted by atomic mass is 16.3. The van der Waals surface area contributed by atoms with Gasteiger partial charge in [-0.3, -0.25) is 0 Å². The molecule has 5 rings (SSSR count). The molecular formula is C23H26N6O. The molecule has 4 heterocycles. The summed E-state index contributed by atoms with van der Waals surface area (Å²) >= 11 is 0. The standard InChI is InChI=1S/C23H26N6O/c1-14-3-8-20(26-25-14)15-4-7-19(22(30)11-15)21-9-10-23(28-27-21)29(2)18-12-16-5-6-17(13-18)24-16/h3-4,7-11,16-18,24,30H,5-6,12-13H2,1-2H3/t16-,17+,18+. The number of phenolic OH excluding ortho intramolecular Hbond substituents is 1. The minimum Gasteiger partial charge on any atom is -0.507 e. The molecule has 0 spiro atoms. The van der Waals surface area contributed by atoms with Crippen molar-refractivity contribution in [2.45, 2.75) is 50.7 Å². The van der Waals surface area contributed by atoms with Gasteiger partial charge < -0.3 is 15.3 Å². The van der Waals surface area contributed by atoms with Gasteiger partial charge in [0.2, 0.25) is 0 Å². The minimum absolute atomic E-state index is 0.153. The zero-order valence-corrected chi connectivity index (χ0v) is 17.3. The Balaban J connectivity index is 1.34. The topological polar surface area (TPSA) is 87.1 Å². The van der Waals surface area contributed by atoms with E-state index in [9.17, 15) is 5.11 Å². The van der Waals surface area contributed by atoms with Crippen molar-refractivity contribution in [2.24, 2.45) is 0 Å². The second kappa shape index (κ2) is 7.65. The molecule has 0 radical (unpaired) electrons. The number of anilines is 1. The van der Waals surface area contributed by atoms with E-state index < -0.39 is 0 Å². The average molecular weight is 403 g/mol. The van der Waals surface area contributed by atoms with Crippen molar-refractivity contribution in [3.05, 3.63) is 48.2 Å². The molecule has 30 heavy (non-hydrogen) atoms. The summed E-state index contributed by atoms with van der Waals surface area (Å²) in [6.45, 7) is 1.90. The van der Waals surface area contributed by atoms with Gasteiger partial charge in [0.25, 0.3) is 0 Å². The molecule has 2 fully saturated rings. The van der Waals surface area contributed by atoms with Gasteiger partial charge in [-0.1, -0.05) is 6.07 Å².